The van der Waals surface area contributed by atoms with Gasteiger partial charge in [-0.25, -0.2) is 0 Å². The molecule has 1 amide bonds. The molecular weight excluding hydrogens is 362 g/mol. The smallest absolute Gasteiger partial charge is 0.227 e. The highest BCUT2D eigenvalue weighted by Gasteiger charge is 2.51. The van der Waals surface area contributed by atoms with Crippen LogP contribution in [0.4, 0.5) is 5.69 Å². The summed E-state index contributed by atoms with van der Waals surface area (Å²) < 4.78 is 5.84. The number of benzene rings is 1. The highest BCUT2D eigenvalue weighted by Crippen LogP contribution is 2.48. The summed E-state index contributed by atoms with van der Waals surface area (Å²) >= 11 is 0. The molecule has 158 valence electrons. The summed E-state index contributed by atoms with van der Waals surface area (Å²) in [6, 6.07) is 8.35. The number of amides is 1. The van der Waals surface area contributed by atoms with Crippen LogP contribution in [0.3, 0.4) is 0 Å². The molecule has 4 heterocycles. The van der Waals surface area contributed by atoms with E-state index in [1.54, 1.807) is 0 Å². The van der Waals surface area contributed by atoms with Crippen molar-refractivity contribution >= 4 is 11.6 Å². The van der Waals surface area contributed by atoms with Crippen LogP contribution in [0.25, 0.3) is 0 Å². The predicted octanol–water partition coefficient (Wildman–Crippen LogP) is 3.07. The number of rotatable bonds is 3. The molecule has 2 unspecified atom stereocenters. The van der Waals surface area contributed by atoms with Gasteiger partial charge < -0.3 is 15.0 Å². The van der Waals surface area contributed by atoms with Gasteiger partial charge >= 0.3 is 0 Å². The lowest BCUT2D eigenvalue weighted by molar-refractivity contribution is -0.134. The van der Waals surface area contributed by atoms with Crippen molar-refractivity contribution in [3.8, 4) is 0 Å². The van der Waals surface area contributed by atoms with Gasteiger partial charge in [-0.3, -0.25) is 9.69 Å². The number of hydrogen-bond donors (Lipinski definition) is 1. The first-order valence-corrected chi connectivity index (χ1v) is 11.6. The summed E-state index contributed by atoms with van der Waals surface area (Å²) in [4.78, 5) is 18.0. The monoisotopic (exact) mass is 397 g/mol. The Balaban J connectivity index is 1.35. The zero-order chi connectivity index (χ0) is 20.0. The zero-order valence-electron chi connectivity index (χ0n) is 18.0. The molecule has 4 aliphatic heterocycles. The molecule has 1 aromatic rings. The predicted molar refractivity (Wildman–Crippen MR) is 115 cm³/mol. The lowest BCUT2D eigenvalue weighted by atomic mass is 9.67. The van der Waals surface area contributed by atoms with Crippen molar-refractivity contribution in [2.24, 2.45) is 5.41 Å². The van der Waals surface area contributed by atoms with Crippen LogP contribution in [0, 0.1) is 12.3 Å². The summed E-state index contributed by atoms with van der Waals surface area (Å²) in [7, 11) is 0. The molecule has 0 aliphatic carbocycles. The highest BCUT2D eigenvalue weighted by molar-refractivity contribution is 5.86. The first-order valence-electron chi connectivity index (χ1n) is 11.6. The van der Waals surface area contributed by atoms with Crippen LogP contribution < -0.4 is 10.2 Å². The Morgan fingerprint density at radius 1 is 1.21 bits per heavy atom. The van der Waals surface area contributed by atoms with Crippen LogP contribution in [0.2, 0.25) is 0 Å². The van der Waals surface area contributed by atoms with Crippen molar-refractivity contribution in [2.75, 3.05) is 44.3 Å². The largest absolute Gasteiger partial charge is 0.381 e. The van der Waals surface area contributed by atoms with Gasteiger partial charge in [0.05, 0.1) is 12.0 Å². The summed E-state index contributed by atoms with van der Waals surface area (Å²) in [5, 5.41) is 3.08. The van der Waals surface area contributed by atoms with E-state index in [9.17, 15) is 4.79 Å². The van der Waals surface area contributed by atoms with Crippen LogP contribution in [0.1, 0.15) is 56.1 Å². The normalized spacial score (nSPS) is 35.6. The molecule has 1 aromatic carbocycles. The quantitative estimate of drug-likeness (QED) is 0.851. The van der Waals surface area contributed by atoms with E-state index in [4.69, 9.17) is 4.74 Å². The minimum absolute atomic E-state index is 0.171. The molecular formula is C24H35N3O2. The van der Waals surface area contributed by atoms with E-state index < -0.39 is 0 Å². The van der Waals surface area contributed by atoms with Gasteiger partial charge in [-0.1, -0.05) is 6.07 Å². The maximum atomic E-state index is 12.7. The molecule has 5 rings (SSSR count). The molecule has 4 fully saturated rings. The maximum absolute atomic E-state index is 12.7. The van der Waals surface area contributed by atoms with Crippen LogP contribution in [0.5, 0.6) is 0 Å². The van der Waals surface area contributed by atoms with E-state index >= 15 is 0 Å². The molecule has 4 aliphatic rings. The number of carbonyl (C=O) groups is 1. The lowest BCUT2D eigenvalue weighted by Gasteiger charge is -2.40. The first kappa shape index (κ1) is 19.4. The Labute approximate surface area is 174 Å². The SMILES string of the molecule is Cc1cc(N2CC[C@H](N3CCC[C@H]3C)C2)ccc1C1COCCC12CCNC2=O. The summed E-state index contributed by atoms with van der Waals surface area (Å²) in [6.07, 6.45) is 5.74. The Morgan fingerprint density at radius 2 is 2.10 bits per heavy atom. The molecule has 0 aromatic heterocycles. The van der Waals surface area contributed by atoms with Crippen LogP contribution in [-0.2, 0) is 9.53 Å². The van der Waals surface area contributed by atoms with E-state index in [0.717, 1.165) is 38.5 Å². The first-order chi connectivity index (χ1) is 14.1. The molecule has 4 saturated heterocycles. The fraction of sp³-hybridized carbons (Fsp3) is 0.708. The fourth-order valence-corrected chi connectivity index (χ4v) is 6.43. The third-order valence-corrected chi connectivity index (χ3v) is 8.18. The molecule has 5 nitrogen and oxygen atoms in total. The standard InChI is InChI=1S/C24H35N3O2/c1-17-14-19(26-12-7-20(15-26)27-11-3-4-18(27)2)5-6-21(17)22-16-29-13-9-24(22)8-10-25-23(24)28/h5-6,14,18,20,22H,3-4,7-13,15-16H2,1-2H3,(H,25,28)/t18-,20+,22?,24?/m1/s1. The minimum atomic E-state index is -0.269. The van der Waals surface area contributed by atoms with Crippen molar-refractivity contribution in [3.05, 3.63) is 29.3 Å². The van der Waals surface area contributed by atoms with Gasteiger partial charge in [-0.15, -0.1) is 0 Å². The van der Waals surface area contributed by atoms with Crippen molar-refractivity contribution in [2.45, 2.75) is 64.0 Å². The molecule has 1 N–H and O–H groups in total. The molecule has 5 heteroatoms. The second-order valence-electron chi connectivity index (χ2n) is 9.70. The van der Waals surface area contributed by atoms with Gasteiger partial charge in [-0.2, -0.15) is 0 Å². The van der Waals surface area contributed by atoms with Gasteiger partial charge in [0, 0.05) is 49.9 Å². The van der Waals surface area contributed by atoms with Gasteiger partial charge in [0.25, 0.3) is 0 Å². The number of anilines is 1. The number of hydrogen-bond acceptors (Lipinski definition) is 4. The third kappa shape index (κ3) is 3.27. The lowest BCUT2D eigenvalue weighted by Crippen LogP contribution is -2.43. The number of carbonyl (C=O) groups excluding carboxylic acids is 1. The van der Waals surface area contributed by atoms with Gasteiger partial charge in [0.1, 0.15) is 0 Å². The third-order valence-electron chi connectivity index (χ3n) is 8.18. The summed E-state index contributed by atoms with van der Waals surface area (Å²) in [6.45, 7) is 10.3. The van der Waals surface area contributed by atoms with E-state index in [0.29, 0.717) is 19.3 Å². The Kier molecular flexibility index (Phi) is 5.07. The topological polar surface area (TPSA) is 44.8 Å². The molecule has 0 saturated carbocycles. The van der Waals surface area contributed by atoms with E-state index in [1.807, 2.05) is 0 Å². The Morgan fingerprint density at radius 3 is 2.83 bits per heavy atom. The van der Waals surface area contributed by atoms with Crippen molar-refractivity contribution in [3.63, 3.8) is 0 Å². The van der Waals surface area contributed by atoms with Crippen LogP contribution in [-0.4, -0.2) is 62.3 Å². The minimum Gasteiger partial charge on any atom is -0.381 e. The molecule has 1 spiro atoms. The number of nitrogens with one attached hydrogen (secondary N) is 1. The maximum Gasteiger partial charge on any atom is 0.227 e. The fourth-order valence-electron chi connectivity index (χ4n) is 6.43. The Hall–Kier alpha value is -1.59. The number of aryl methyl sites for hydroxylation is 1. The second-order valence-corrected chi connectivity index (χ2v) is 9.70. The van der Waals surface area contributed by atoms with Crippen molar-refractivity contribution in [1.29, 1.82) is 0 Å². The van der Waals surface area contributed by atoms with Crippen LogP contribution in [0.15, 0.2) is 18.2 Å². The average molecular weight is 398 g/mol. The molecule has 0 bridgehead atoms. The molecule has 4 atom stereocenters. The molecule has 0 radical (unpaired) electrons. The van der Waals surface area contributed by atoms with Gasteiger partial charge in [0.2, 0.25) is 5.91 Å². The average Bonchev–Trinajstić information content (AvgIpc) is 3.44. The van der Waals surface area contributed by atoms with Gasteiger partial charge in [0.15, 0.2) is 0 Å². The van der Waals surface area contributed by atoms with E-state index in [2.05, 4.69) is 47.2 Å². The van der Waals surface area contributed by atoms with Crippen LogP contribution >= 0.6 is 0 Å². The Bertz CT molecular complexity index is 781. The van der Waals surface area contributed by atoms with E-state index in [-0.39, 0.29) is 17.2 Å². The highest BCUT2D eigenvalue weighted by atomic mass is 16.5. The van der Waals surface area contributed by atoms with Gasteiger partial charge in [-0.05, 0) is 75.8 Å². The molecule has 29 heavy (non-hydrogen) atoms. The van der Waals surface area contributed by atoms with E-state index in [1.165, 1.54) is 42.6 Å². The number of nitrogens with zero attached hydrogens (tertiary/aromatic N) is 2. The number of likely N-dealkylation sites (tertiary alicyclic amines) is 1. The summed E-state index contributed by atoms with van der Waals surface area (Å²) in [5.74, 6) is 0.404. The van der Waals surface area contributed by atoms with Crippen molar-refractivity contribution < 1.29 is 9.53 Å². The zero-order valence-corrected chi connectivity index (χ0v) is 18.0. The van der Waals surface area contributed by atoms with Crippen molar-refractivity contribution in [1.82, 2.24) is 10.2 Å². The number of ether oxygens (including phenoxy) is 1. The second kappa shape index (κ2) is 7.59. The summed E-state index contributed by atoms with van der Waals surface area (Å²) in [5.41, 5.74) is 3.67.